The Bertz CT molecular complexity index is 396. The van der Waals surface area contributed by atoms with Gasteiger partial charge in [-0.2, -0.15) is 5.26 Å². The molecule has 1 saturated heterocycles. The lowest BCUT2D eigenvalue weighted by Crippen LogP contribution is -2.56. The normalized spacial score (nSPS) is 25.6. The molecule has 1 aliphatic heterocycles. The minimum absolute atomic E-state index is 0.302. The van der Waals surface area contributed by atoms with Gasteiger partial charge in [-0.3, -0.25) is 0 Å². The number of hydrogen-bond donors (Lipinski definition) is 0. The minimum Gasteiger partial charge on any atom is -0.362 e. The van der Waals surface area contributed by atoms with Crippen LogP contribution in [0, 0.1) is 11.3 Å². The van der Waals surface area contributed by atoms with Crippen molar-refractivity contribution in [2.75, 3.05) is 25.0 Å². The topological polar surface area (TPSA) is 30.3 Å². The van der Waals surface area contributed by atoms with Gasteiger partial charge in [0.2, 0.25) is 0 Å². The maximum absolute atomic E-state index is 8.96. The molecule has 0 aromatic heterocycles. The van der Waals surface area contributed by atoms with Crippen molar-refractivity contribution in [2.24, 2.45) is 0 Å². The highest BCUT2D eigenvalue weighted by atomic mass is 15.3. The molecule has 1 fully saturated rings. The molecule has 2 atom stereocenters. The molecule has 0 N–H and O–H groups in total. The van der Waals surface area contributed by atoms with Gasteiger partial charge in [0.05, 0.1) is 18.5 Å². The Morgan fingerprint density at radius 1 is 1.29 bits per heavy atom. The van der Waals surface area contributed by atoms with Crippen LogP contribution < -0.4 is 4.90 Å². The molecule has 1 aromatic rings. The Morgan fingerprint density at radius 2 is 2.00 bits per heavy atom. The fraction of sp³-hybridized carbons (Fsp3) is 0.500. The molecule has 2 unspecified atom stereocenters. The second-order valence-corrected chi connectivity index (χ2v) is 4.83. The second-order valence-electron chi connectivity index (χ2n) is 4.83. The van der Waals surface area contributed by atoms with Crippen LogP contribution >= 0.6 is 0 Å². The SMILES string of the molecule is CC1CN(C)CC(CC#N)N1c1ccccc1. The Hall–Kier alpha value is -1.53. The van der Waals surface area contributed by atoms with Crippen molar-refractivity contribution in [3.05, 3.63) is 30.3 Å². The molecule has 3 heteroatoms. The third kappa shape index (κ3) is 2.59. The molecule has 1 aliphatic rings. The number of anilines is 1. The summed E-state index contributed by atoms with van der Waals surface area (Å²) in [7, 11) is 2.13. The average Bonchev–Trinajstić information content (AvgIpc) is 2.30. The highest BCUT2D eigenvalue weighted by Crippen LogP contribution is 2.25. The highest BCUT2D eigenvalue weighted by Gasteiger charge is 2.30. The summed E-state index contributed by atoms with van der Waals surface area (Å²) >= 11 is 0. The molecule has 2 rings (SSSR count). The van der Waals surface area contributed by atoms with Crippen LogP contribution in [0.25, 0.3) is 0 Å². The van der Waals surface area contributed by atoms with Crippen LogP contribution in [0.1, 0.15) is 13.3 Å². The maximum Gasteiger partial charge on any atom is 0.0643 e. The summed E-state index contributed by atoms with van der Waals surface area (Å²) in [5.41, 5.74) is 1.23. The summed E-state index contributed by atoms with van der Waals surface area (Å²) in [4.78, 5) is 4.70. The zero-order valence-corrected chi connectivity index (χ0v) is 10.5. The van der Waals surface area contributed by atoms with Crippen LogP contribution in [-0.4, -0.2) is 37.1 Å². The van der Waals surface area contributed by atoms with E-state index in [1.54, 1.807) is 0 Å². The number of nitriles is 1. The van der Waals surface area contributed by atoms with E-state index in [9.17, 15) is 0 Å². The molecule has 0 bridgehead atoms. The van der Waals surface area contributed by atoms with Crippen molar-refractivity contribution in [3.63, 3.8) is 0 Å². The smallest absolute Gasteiger partial charge is 0.0643 e. The summed E-state index contributed by atoms with van der Waals surface area (Å²) in [5.74, 6) is 0. The number of benzene rings is 1. The molecule has 1 aromatic carbocycles. The van der Waals surface area contributed by atoms with Crippen LogP contribution in [0.3, 0.4) is 0 Å². The Kier molecular flexibility index (Phi) is 3.65. The van der Waals surface area contributed by atoms with Gasteiger partial charge < -0.3 is 9.80 Å². The van der Waals surface area contributed by atoms with Gasteiger partial charge >= 0.3 is 0 Å². The summed E-state index contributed by atoms with van der Waals surface area (Å²) in [6, 6.07) is 13.5. The predicted molar refractivity (Wildman–Crippen MR) is 69.9 cm³/mol. The summed E-state index contributed by atoms with van der Waals surface area (Å²) < 4.78 is 0. The molecular formula is C14H19N3. The van der Waals surface area contributed by atoms with Gasteiger partial charge in [-0.1, -0.05) is 18.2 Å². The van der Waals surface area contributed by atoms with Crippen molar-refractivity contribution in [2.45, 2.75) is 25.4 Å². The van der Waals surface area contributed by atoms with Crippen molar-refractivity contribution >= 4 is 5.69 Å². The fourth-order valence-corrected chi connectivity index (χ4v) is 2.75. The minimum atomic E-state index is 0.302. The van der Waals surface area contributed by atoms with Crippen LogP contribution in [-0.2, 0) is 0 Å². The first-order valence-corrected chi connectivity index (χ1v) is 6.11. The van der Waals surface area contributed by atoms with Gasteiger partial charge in [-0.05, 0) is 26.1 Å². The first-order valence-electron chi connectivity index (χ1n) is 6.11. The summed E-state index contributed by atoms with van der Waals surface area (Å²) in [5, 5.41) is 8.96. The molecule has 0 aliphatic carbocycles. The number of rotatable bonds is 2. The first kappa shape index (κ1) is 11.9. The van der Waals surface area contributed by atoms with E-state index in [-0.39, 0.29) is 0 Å². The molecular weight excluding hydrogens is 210 g/mol. The van der Waals surface area contributed by atoms with Crippen LogP contribution in [0.2, 0.25) is 0 Å². The molecule has 1 heterocycles. The molecule has 0 spiro atoms. The Morgan fingerprint density at radius 3 is 2.65 bits per heavy atom. The van der Waals surface area contributed by atoms with E-state index in [0.717, 1.165) is 13.1 Å². The Balaban J connectivity index is 2.25. The highest BCUT2D eigenvalue weighted by molar-refractivity contribution is 5.49. The van der Waals surface area contributed by atoms with E-state index in [1.807, 2.05) is 6.07 Å². The molecule has 90 valence electrons. The first-order chi connectivity index (χ1) is 8.22. The lowest BCUT2D eigenvalue weighted by atomic mass is 10.0. The Labute approximate surface area is 103 Å². The molecule has 0 amide bonds. The van der Waals surface area contributed by atoms with E-state index in [1.165, 1.54) is 5.69 Å². The van der Waals surface area contributed by atoms with Crippen LogP contribution in [0.5, 0.6) is 0 Å². The van der Waals surface area contributed by atoms with Crippen molar-refractivity contribution in [3.8, 4) is 6.07 Å². The lowest BCUT2D eigenvalue weighted by Gasteiger charge is -2.45. The molecule has 3 nitrogen and oxygen atoms in total. The van der Waals surface area contributed by atoms with Gasteiger partial charge in [0.1, 0.15) is 0 Å². The number of piperazine rings is 1. The quantitative estimate of drug-likeness (QED) is 0.778. The summed E-state index contributed by atoms with van der Waals surface area (Å²) in [6.45, 7) is 4.25. The van der Waals surface area contributed by atoms with E-state index in [4.69, 9.17) is 5.26 Å². The number of likely N-dealkylation sites (N-methyl/N-ethyl adjacent to an activating group) is 1. The maximum atomic E-state index is 8.96. The van der Waals surface area contributed by atoms with E-state index >= 15 is 0 Å². The number of nitrogens with zero attached hydrogens (tertiary/aromatic N) is 3. The molecule has 0 saturated carbocycles. The monoisotopic (exact) mass is 229 g/mol. The van der Waals surface area contributed by atoms with Gasteiger partial charge in [0.25, 0.3) is 0 Å². The molecule has 0 radical (unpaired) electrons. The van der Waals surface area contributed by atoms with Gasteiger partial charge in [-0.25, -0.2) is 0 Å². The zero-order chi connectivity index (χ0) is 12.3. The van der Waals surface area contributed by atoms with Gasteiger partial charge in [0.15, 0.2) is 0 Å². The number of para-hydroxylation sites is 1. The molecule has 17 heavy (non-hydrogen) atoms. The van der Waals surface area contributed by atoms with Crippen molar-refractivity contribution in [1.29, 1.82) is 5.26 Å². The van der Waals surface area contributed by atoms with E-state index in [0.29, 0.717) is 18.5 Å². The zero-order valence-electron chi connectivity index (χ0n) is 10.5. The van der Waals surface area contributed by atoms with Crippen LogP contribution in [0.15, 0.2) is 30.3 Å². The van der Waals surface area contributed by atoms with Gasteiger partial charge in [-0.15, -0.1) is 0 Å². The third-order valence-electron chi connectivity index (χ3n) is 3.35. The summed E-state index contributed by atoms with van der Waals surface area (Å²) in [6.07, 6.45) is 0.587. The lowest BCUT2D eigenvalue weighted by molar-refractivity contribution is 0.233. The fourth-order valence-electron chi connectivity index (χ4n) is 2.75. The van der Waals surface area contributed by atoms with Crippen LogP contribution in [0.4, 0.5) is 5.69 Å². The number of hydrogen-bond acceptors (Lipinski definition) is 3. The van der Waals surface area contributed by atoms with Gasteiger partial charge in [0, 0.05) is 24.8 Å². The average molecular weight is 229 g/mol. The second kappa shape index (κ2) is 5.20. The van der Waals surface area contributed by atoms with E-state index in [2.05, 4.69) is 54.1 Å². The predicted octanol–water partition coefficient (Wildman–Crippen LogP) is 2.11. The largest absolute Gasteiger partial charge is 0.362 e. The van der Waals surface area contributed by atoms with Crippen molar-refractivity contribution < 1.29 is 0 Å². The van der Waals surface area contributed by atoms with Crippen molar-refractivity contribution in [1.82, 2.24) is 4.90 Å². The standard InChI is InChI=1S/C14H19N3/c1-12-10-16(2)11-14(8-9-15)17(12)13-6-4-3-5-7-13/h3-7,12,14H,8,10-11H2,1-2H3. The van der Waals surface area contributed by atoms with E-state index < -0.39 is 0 Å². The third-order valence-corrected chi connectivity index (χ3v) is 3.35.